The molecule has 1 atom stereocenters. The van der Waals surface area contributed by atoms with Crippen molar-refractivity contribution < 1.29 is 4.42 Å². The first-order valence-electron chi connectivity index (χ1n) is 5.12. The summed E-state index contributed by atoms with van der Waals surface area (Å²) in [4.78, 5) is 0. The Bertz CT molecular complexity index is 206. The van der Waals surface area contributed by atoms with E-state index in [1.807, 2.05) is 12.1 Å². The Labute approximate surface area is 80.3 Å². The summed E-state index contributed by atoms with van der Waals surface area (Å²) in [6.45, 7) is 5.49. The van der Waals surface area contributed by atoms with E-state index in [1.165, 1.54) is 6.42 Å². The summed E-state index contributed by atoms with van der Waals surface area (Å²) in [5.41, 5.74) is 0. The number of hydrogen-bond acceptors (Lipinski definition) is 2. The van der Waals surface area contributed by atoms with Gasteiger partial charge in [0.15, 0.2) is 0 Å². The van der Waals surface area contributed by atoms with E-state index in [1.54, 1.807) is 6.26 Å². The van der Waals surface area contributed by atoms with Crippen LogP contribution in [0.4, 0.5) is 0 Å². The van der Waals surface area contributed by atoms with Crippen molar-refractivity contribution in [1.29, 1.82) is 0 Å². The van der Waals surface area contributed by atoms with E-state index in [0.717, 1.165) is 25.1 Å². The molecule has 0 saturated heterocycles. The summed E-state index contributed by atoms with van der Waals surface area (Å²) < 4.78 is 5.31. The van der Waals surface area contributed by atoms with Crippen LogP contribution in [0, 0.1) is 0 Å². The molecule has 0 spiro atoms. The molecular weight excluding hydrogens is 162 g/mol. The lowest BCUT2D eigenvalue weighted by molar-refractivity contribution is 0.433. The van der Waals surface area contributed by atoms with E-state index in [0.29, 0.717) is 6.04 Å². The third-order valence-electron chi connectivity index (χ3n) is 2.20. The quantitative estimate of drug-likeness (QED) is 0.729. The molecule has 0 saturated carbocycles. The molecule has 0 aliphatic carbocycles. The van der Waals surface area contributed by atoms with Gasteiger partial charge in [-0.25, -0.2) is 0 Å². The van der Waals surface area contributed by atoms with Crippen molar-refractivity contribution in [1.82, 2.24) is 5.32 Å². The molecule has 2 nitrogen and oxygen atoms in total. The molecule has 0 fully saturated rings. The Morgan fingerprint density at radius 2 is 2.31 bits per heavy atom. The number of hydrogen-bond donors (Lipinski definition) is 1. The van der Waals surface area contributed by atoms with Gasteiger partial charge in [0.1, 0.15) is 5.76 Å². The van der Waals surface area contributed by atoms with Crippen LogP contribution in [0.25, 0.3) is 0 Å². The highest BCUT2D eigenvalue weighted by Crippen LogP contribution is 2.06. The molecule has 1 N–H and O–H groups in total. The second-order valence-corrected chi connectivity index (χ2v) is 3.34. The van der Waals surface area contributed by atoms with Crippen LogP contribution in [0.15, 0.2) is 22.8 Å². The molecule has 74 valence electrons. The van der Waals surface area contributed by atoms with Crippen LogP contribution >= 0.6 is 0 Å². The van der Waals surface area contributed by atoms with Gasteiger partial charge in [-0.15, -0.1) is 0 Å². The van der Waals surface area contributed by atoms with Gasteiger partial charge in [0, 0.05) is 12.5 Å². The first-order chi connectivity index (χ1) is 6.36. The third-order valence-corrected chi connectivity index (χ3v) is 2.20. The van der Waals surface area contributed by atoms with Crippen LogP contribution in [-0.2, 0) is 6.42 Å². The zero-order valence-corrected chi connectivity index (χ0v) is 8.55. The molecule has 1 aromatic rings. The van der Waals surface area contributed by atoms with Gasteiger partial charge in [-0.05, 0) is 31.5 Å². The van der Waals surface area contributed by atoms with Crippen molar-refractivity contribution in [3.63, 3.8) is 0 Å². The van der Waals surface area contributed by atoms with E-state index < -0.39 is 0 Å². The summed E-state index contributed by atoms with van der Waals surface area (Å²) >= 11 is 0. The summed E-state index contributed by atoms with van der Waals surface area (Å²) in [5, 5.41) is 3.50. The van der Waals surface area contributed by atoms with Crippen LogP contribution < -0.4 is 5.32 Å². The molecule has 0 radical (unpaired) electrons. The molecule has 2 heteroatoms. The predicted octanol–water partition coefficient (Wildman–Crippen LogP) is 2.60. The lowest BCUT2D eigenvalue weighted by Crippen LogP contribution is -2.30. The Hall–Kier alpha value is -0.760. The van der Waals surface area contributed by atoms with Crippen LogP contribution in [0.5, 0.6) is 0 Å². The van der Waals surface area contributed by atoms with Gasteiger partial charge in [-0.1, -0.05) is 13.8 Å². The summed E-state index contributed by atoms with van der Waals surface area (Å²) in [6, 6.07) is 4.55. The molecule has 13 heavy (non-hydrogen) atoms. The molecule has 0 amide bonds. The number of nitrogens with one attached hydrogen (secondary N) is 1. The molecule has 1 aromatic heterocycles. The first kappa shape index (κ1) is 10.3. The highest BCUT2D eigenvalue weighted by Gasteiger charge is 2.07. The van der Waals surface area contributed by atoms with E-state index in [-0.39, 0.29) is 0 Å². The zero-order chi connectivity index (χ0) is 9.52. The summed E-state index contributed by atoms with van der Waals surface area (Å²) in [6.07, 6.45) is 5.08. The van der Waals surface area contributed by atoms with Crippen LogP contribution in [-0.4, -0.2) is 12.6 Å². The lowest BCUT2D eigenvalue weighted by atomic mass is 10.1. The van der Waals surface area contributed by atoms with Crippen molar-refractivity contribution in [3.05, 3.63) is 24.2 Å². The minimum atomic E-state index is 0.561. The van der Waals surface area contributed by atoms with Gasteiger partial charge in [0.05, 0.1) is 6.26 Å². The third kappa shape index (κ3) is 3.64. The fraction of sp³-hybridized carbons (Fsp3) is 0.636. The Balaban J connectivity index is 2.31. The van der Waals surface area contributed by atoms with Crippen molar-refractivity contribution in [3.8, 4) is 0 Å². The predicted molar refractivity (Wildman–Crippen MR) is 54.8 cm³/mol. The smallest absolute Gasteiger partial charge is 0.105 e. The van der Waals surface area contributed by atoms with Crippen molar-refractivity contribution >= 4 is 0 Å². The summed E-state index contributed by atoms with van der Waals surface area (Å²) in [7, 11) is 0. The minimum Gasteiger partial charge on any atom is -0.469 e. The zero-order valence-electron chi connectivity index (χ0n) is 8.55. The standard InChI is InChI=1S/C11H19NO/c1-3-7-12-10(4-2)9-11-6-5-8-13-11/h5-6,8,10,12H,3-4,7,9H2,1-2H3. The number of furan rings is 1. The van der Waals surface area contributed by atoms with Crippen molar-refractivity contribution in [2.24, 2.45) is 0 Å². The topological polar surface area (TPSA) is 25.2 Å². The fourth-order valence-electron chi connectivity index (χ4n) is 1.38. The second kappa shape index (κ2) is 5.81. The molecule has 0 aliphatic rings. The second-order valence-electron chi connectivity index (χ2n) is 3.34. The first-order valence-corrected chi connectivity index (χ1v) is 5.12. The van der Waals surface area contributed by atoms with Crippen molar-refractivity contribution in [2.45, 2.75) is 39.2 Å². The Morgan fingerprint density at radius 3 is 2.85 bits per heavy atom. The van der Waals surface area contributed by atoms with E-state index in [4.69, 9.17) is 4.42 Å². The van der Waals surface area contributed by atoms with Crippen LogP contribution in [0.3, 0.4) is 0 Å². The van der Waals surface area contributed by atoms with Crippen LogP contribution in [0.2, 0.25) is 0 Å². The van der Waals surface area contributed by atoms with Crippen LogP contribution in [0.1, 0.15) is 32.4 Å². The van der Waals surface area contributed by atoms with Crippen molar-refractivity contribution in [2.75, 3.05) is 6.54 Å². The molecule has 0 aromatic carbocycles. The van der Waals surface area contributed by atoms with Gasteiger partial charge >= 0.3 is 0 Å². The van der Waals surface area contributed by atoms with E-state index >= 15 is 0 Å². The van der Waals surface area contributed by atoms with E-state index in [2.05, 4.69) is 19.2 Å². The monoisotopic (exact) mass is 181 g/mol. The molecule has 1 unspecified atom stereocenters. The maximum absolute atomic E-state index is 5.31. The summed E-state index contributed by atoms with van der Waals surface area (Å²) in [5.74, 6) is 1.08. The molecular formula is C11H19NO. The normalized spacial score (nSPS) is 13.1. The molecule has 1 rings (SSSR count). The Morgan fingerprint density at radius 1 is 1.46 bits per heavy atom. The lowest BCUT2D eigenvalue weighted by Gasteiger charge is -2.14. The minimum absolute atomic E-state index is 0.561. The largest absolute Gasteiger partial charge is 0.469 e. The molecule has 0 bridgehead atoms. The average molecular weight is 181 g/mol. The van der Waals surface area contributed by atoms with Gasteiger partial charge in [-0.3, -0.25) is 0 Å². The highest BCUT2D eigenvalue weighted by atomic mass is 16.3. The molecule has 1 heterocycles. The van der Waals surface area contributed by atoms with Gasteiger partial charge < -0.3 is 9.73 Å². The maximum atomic E-state index is 5.31. The van der Waals surface area contributed by atoms with Gasteiger partial charge in [0.25, 0.3) is 0 Å². The van der Waals surface area contributed by atoms with Gasteiger partial charge in [0.2, 0.25) is 0 Å². The Kier molecular flexibility index (Phi) is 4.61. The number of rotatable bonds is 6. The van der Waals surface area contributed by atoms with E-state index in [9.17, 15) is 0 Å². The van der Waals surface area contributed by atoms with Gasteiger partial charge in [-0.2, -0.15) is 0 Å². The molecule has 0 aliphatic heterocycles. The SMILES string of the molecule is CCCNC(CC)Cc1ccco1. The fourth-order valence-corrected chi connectivity index (χ4v) is 1.38. The average Bonchev–Trinajstić information content (AvgIpc) is 2.64. The maximum Gasteiger partial charge on any atom is 0.105 e. The highest BCUT2D eigenvalue weighted by molar-refractivity contribution is 5.00.